The fourth-order valence-corrected chi connectivity index (χ4v) is 0.885. The van der Waals surface area contributed by atoms with Gasteiger partial charge >= 0.3 is 0 Å². The molecule has 0 atom stereocenters. The molecular formula is C8H16N4. The van der Waals surface area contributed by atoms with Gasteiger partial charge in [-0.1, -0.05) is 6.92 Å². The van der Waals surface area contributed by atoms with Crippen molar-refractivity contribution in [3.05, 3.63) is 12.4 Å². The lowest BCUT2D eigenvalue weighted by Crippen LogP contribution is -2.24. The average molecular weight is 168 g/mol. The molecule has 0 aromatic carbocycles. The van der Waals surface area contributed by atoms with Gasteiger partial charge in [-0.15, -0.1) is 0 Å². The van der Waals surface area contributed by atoms with Crippen LogP contribution < -0.4 is 5.32 Å². The Morgan fingerprint density at radius 3 is 3.08 bits per heavy atom. The van der Waals surface area contributed by atoms with Crippen LogP contribution in [0.1, 0.15) is 6.92 Å². The Kier molecular flexibility index (Phi) is 3.60. The van der Waals surface area contributed by atoms with Crippen molar-refractivity contribution in [3.63, 3.8) is 0 Å². The minimum Gasteiger partial charge on any atom is -0.355 e. The topological polar surface area (TPSA) is 44.0 Å². The molecule has 0 saturated heterocycles. The maximum atomic E-state index is 4.05. The van der Waals surface area contributed by atoms with Crippen LogP contribution in [0.2, 0.25) is 0 Å². The quantitative estimate of drug-likeness (QED) is 0.682. The predicted octanol–water partition coefficient (Wildman–Crippen LogP) is 0.773. The summed E-state index contributed by atoms with van der Waals surface area (Å²) in [6.45, 7) is 5.20. The predicted molar refractivity (Wildman–Crippen MR) is 50.2 cm³/mol. The van der Waals surface area contributed by atoms with E-state index in [2.05, 4.69) is 34.2 Å². The van der Waals surface area contributed by atoms with Crippen LogP contribution in [0.3, 0.4) is 0 Å². The van der Waals surface area contributed by atoms with E-state index in [0.717, 1.165) is 25.6 Å². The zero-order chi connectivity index (χ0) is 8.81. The summed E-state index contributed by atoms with van der Waals surface area (Å²) in [4.78, 5) is 9.29. The van der Waals surface area contributed by atoms with Gasteiger partial charge in [0.2, 0.25) is 0 Å². The zero-order valence-electron chi connectivity index (χ0n) is 7.67. The van der Waals surface area contributed by atoms with Crippen LogP contribution in [0.15, 0.2) is 12.4 Å². The van der Waals surface area contributed by atoms with E-state index in [1.54, 1.807) is 6.20 Å². The van der Waals surface area contributed by atoms with Crippen LogP contribution in [-0.4, -0.2) is 41.5 Å². The second-order valence-corrected chi connectivity index (χ2v) is 2.76. The molecule has 0 spiro atoms. The van der Waals surface area contributed by atoms with Crippen LogP contribution >= 0.6 is 0 Å². The molecule has 0 fully saturated rings. The summed E-state index contributed by atoms with van der Waals surface area (Å²) in [7, 11) is 2.10. The summed E-state index contributed by atoms with van der Waals surface area (Å²) in [5, 5.41) is 3.18. The van der Waals surface area contributed by atoms with Gasteiger partial charge in [-0.3, -0.25) is 0 Å². The van der Waals surface area contributed by atoms with Crippen LogP contribution in [0, 0.1) is 0 Å². The number of nitrogens with zero attached hydrogens (tertiary/aromatic N) is 2. The molecule has 4 heteroatoms. The van der Waals surface area contributed by atoms with E-state index >= 15 is 0 Å². The van der Waals surface area contributed by atoms with E-state index in [0.29, 0.717) is 0 Å². The van der Waals surface area contributed by atoms with Crippen molar-refractivity contribution < 1.29 is 0 Å². The molecule has 12 heavy (non-hydrogen) atoms. The maximum Gasteiger partial charge on any atom is 0.200 e. The largest absolute Gasteiger partial charge is 0.355 e. The lowest BCUT2D eigenvalue weighted by atomic mass is 10.5. The molecule has 0 saturated carbocycles. The van der Waals surface area contributed by atoms with Gasteiger partial charge in [-0.25, -0.2) is 4.98 Å². The number of hydrogen-bond acceptors (Lipinski definition) is 3. The number of anilines is 1. The molecule has 0 amide bonds. The Labute approximate surface area is 73.0 Å². The minimum atomic E-state index is 0.847. The van der Waals surface area contributed by atoms with Gasteiger partial charge in [-0.05, 0) is 13.6 Å². The van der Waals surface area contributed by atoms with Crippen molar-refractivity contribution in [2.75, 3.05) is 32.0 Å². The normalized spacial score (nSPS) is 10.6. The highest BCUT2D eigenvalue weighted by molar-refractivity contribution is 5.22. The van der Waals surface area contributed by atoms with Crippen LogP contribution in [0.25, 0.3) is 0 Å². The molecule has 1 rings (SSSR count). The molecule has 0 radical (unpaired) electrons. The summed E-state index contributed by atoms with van der Waals surface area (Å²) >= 11 is 0. The number of imidazole rings is 1. The zero-order valence-corrected chi connectivity index (χ0v) is 7.67. The average Bonchev–Trinajstić information content (AvgIpc) is 2.57. The third-order valence-electron chi connectivity index (χ3n) is 1.82. The Morgan fingerprint density at radius 2 is 2.50 bits per heavy atom. The fraction of sp³-hybridized carbons (Fsp3) is 0.625. The highest BCUT2D eigenvalue weighted by Crippen LogP contribution is 1.93. The molecular weight excluding hydrogens is 152 g/mol. The number of rotatable bonds is 5. The van der Waals surface area contributed by atoms with Gasteiger partial charge in [0.15, 0.2) is 5.95 Å². The summed E-state index contributed by atoms with van der Waals surface area (Å²) in [6.07, 6.45) is 3.55. The lowest BCUT2D eigenvalue weighted by molar-refractivity contribution is 0.367. The van der Waals surface area contributed by atoms with Crippen LogP contribution in [0.5, 0.6) is 0 Å². The number of H-pyrrole nitrogens is 1. The smallest absolute Gasteiger partial charge is 0.200 e. The van der Waals surface area contributed by atoms with Crippen molar-refractivity contribution >= 4 is 5.95 Å². The highest BCUT2D eigenvalue weighted by Gasteiger charge is 1.94. The second kappa shape index (κ2) is 4.77. The number of likely N-dealkylation sites (N-methyl/N-ethyl adjacent to an activating group) is 1. The first-order valence-corrected chi connectivity index (χ1v) is 4.24. The Balaban J connectivity index is 2.11. The van der Waals surface area contributed by atoms with Gasteiger partial charge < -0.3 is 15.2 Å². The van der Waals surface area contributed by atoms with Gasteiger partial charge in [-0.2, -0.15) is 0 Å². The standard InChI is InChI=1S/C8H16N4/c1-3-12(2)7-6-11-8-9-4-5-10-8/h4-5H,3,6-7H2,1-2H3,(H2,9,10,11). The van der Waals surface area contributed by atoms with Crippen molar-refractivity contribution in [1.82, 2.24) is 14.9 Å². The van der Waals surface area contributed by atoms with Crippen molar-refractivity contribution in [2.24, 2.45) is 0 Å². The first kappa shape index (κ1) is 9.06. The van der Waals surface area contributed by atoms with E-state index in [1.165, 1.54) is 0 Å². The third kappa shape index (κ3) is 2.92. The fourth-order valence-electron chi connectivity index (χ4n) is 0.885. The van der Waals surface area contributed by atoms with Gasteiger partial charge in [0, 0.05) is 25.5 Å². The molecule has 4 nitrogen and oxygen atoms in total. The molecule has 0 aliphatic heterocycles. The maximum absolute atomic E-state index is 4.05. The molecule has 68 valence electrons. The molecule has 1 heterocycles. The molecule has 0 aliphatic carbocycles. The van der Waals surface area contributed by atoms with Crippen molar-refractivity contribution in [3.8, 4) is 0 Å². The Hall–Kier alpha value is -1.03. The molecule has 0 bridgehead atoms. The van der Waals surface area contributed by atoms with Gasteiger partial charge in [0.05, 0.1) is 0 Å². The molecule has 0 unspecified atom stereocenters. The highest BCUT2D eigenvalue weighted by atomic mass is 15.1. The Bertz CT molecular complexity index is 195. The lowest BCUT2D eigenvalue weighted by Gasteiger charge is -2.13. The molecule has 1 aromatic heterocycles. The van der Waals surface area contributed by atoms with Crippen LogP contribution in [0.4, 0.5) is 5.95 Å². The molecule has 0 aliphatic rings. The molecule has 2 N–H and O–H groups in total. The number of aromatic nitrogens is 2. The molecule has 1 aromatic rings. The van der Waals surface area contributed by atoms with Gasteiger partial charge in [0.1, 0.15) is 0 Å². The first-order chi connectivity index (χ1) is 5.83. The Morgan fingerprint density at radius 1 is 1.67 bits per heavy atom. The van der Waals surface area contributed by atoms with Crippen molar-refractivity contribution in [1.29, 1.82) is 0 Å². The van der Waals surface area contributed by atoms with E-state index in [-0.39, 0.29) is 0 Å². The number of nitrogens with one attached hydrogen (secondary N) is 2. The van der Waals surface area contributed by atoms with E-state index < -0.39 is 0 Å². The van der Waals surface area contributed by atoms with E-state index in [9.17, 15) is 0 Å². The monoisotopic (exact) mass is 168 g/mol. The van der Waals surface area contributed by atoms with Crippen LogP contribution in [-0.2, 0) is 0 Å². The number of aromatic amines is 1. The SMILES string of the molecule is CCN(C)CCNc1ncc[nH]1. The second-order valence-electron chi connectivity index (χ2n) is 2.76. The summed E-state index contributed by atoms with van der Waals surface area (Å²) in [6, 6.07) is 0. The third-order valence-corrected chi connectivity index (χ3v) is 1.82. The van der Waals surface area contributed by atoms with Crippen molar-refractivity contribution in [2.45, 2.75) is 6.92 Å². The summed E-state index contributed by atoms with van der Waals surface area (Å²) in [5.41, 5.74) is 0. The number of hydrogen-bond donors (Lipinski definition) is 2. The summed E-state index contributed by atoms with van der Waals surface area (Å²) < 4.78 is 0. The minimum absolute atomic E-state index is 0.847. The first-order valence-electron chi connectivity index (χ1n) is 4.24. The van der Waals surface area contributed by atoms with E-state index in [1.807, 2.05) is 6.20 Å². The van der Waals surface area contributed by atoms with E-state index in [4.69, 9.17) is 0 Å². The van der Waals surface area contributed by atoms with Gasteiger partial charge in [0.25, 0.3) is 0 Å². The summed E-state index contributed by atoms with van der Waals surface area (Å²) in [5.74, 6) is 0.847.